The van der Waals surface area contributed by atoms with Crippen molar-refractivity contribution in [1.82, 2.24) is 9.78 Å². The number of rotatable bonds is 1. The minimum absolute atomic E-state index is 0.108. The first-order valence-corrected chi connectivity index (χ1v) is 8.66. The quantitative estimate of drug-likeness (QED) is 0.862. The molecule has 0 fully saturated rings. The average Bonchev–Trinajstić information content (AvgIpc) is 2.67. The van der Waals surface area contributed by atoms with Crippen LogP contribution < -0.4 is 5.32 Å². The van der Waals surface area contributed by atoms with E-state index in [4.69, 9.17) is 5.26 Å². The largest absolute Gasteiger partial charge is 0.369 e. The fourth-order valence-corrected chi connectivity index (χ4v) is 4.76. The predicted octanol–water partition coefficient (Wildman–Crippen LogP) is 3.94. The lowest BCUT2D eigenvalue weighted by molar-refractivity contribution is 0.721. The van der Waals surface area contributed by atoms with Gasteiger partial charge in [-0.15, -0.1) is 11.8 Å². The fraction of sp³-hybridized carbons (Fsp3) is 0.444. The van der Waals surface area contributed by atoms with E-state index in [1.54, 1.807) is 0 Å². The lowest BCUT2D eigenvalue weighted by Gasteiger charge is -2.27. The topological polar surface area (TPSA) is 53.6 Å². The summed E-state index contributed by atoms with van der Waals surface area (Å²) in [5.41, 5.74) is 5.46. The van der Waals surface area contributed by atoms with E-state index in [-0.39, 0.29) is 10.00 Å². The predicted molar refractivity (Wildman–Crippen MR) is 95.8 cm³/mol. The van der Waals surface area contributed by atoms with Crippen LogP contribution in [0.5, 0.6) is 0 Å². The molecule has 120 valence electrons. The van der Waals surface area contributed by atoms with Gasteiger partial charge in [-0.25, -0.2) is 0 Å². The van der Waals surface area contributed by atoms with Crippen molar-refractivity contribution in [3.05, 3.63) is 46.1 Å². The molecule has 1 aliphatic rings. The highest BCUT2D eigenvalue weighted by molar-refractivity contribution is 8.01. The molecule has 0 spiro atoms. The number of nitrogens with one attached hydrogen (secondary N) is 1. The lowest BCUT2D eigenvalue weighted by atomic mass is 9.98. The minimum atomic E-state index is 0.108. The number of aryl methyl sites for hydroxylation is 3. The van der Waals surface area contributed by atoms with Crippen molar-refractivity contribution in [1.29, 1.82) is 5.26 Å². The average molecular weight is 326 g/mol. The summed E-state index contributed by atoms with van der Waals surface area (Å²) in [6.07, 6.45) is 0. The summed E-state index contributed by atoms with van der Waals surface area (Å²) in [4.78, 5) is 0. The third-order valence-corrected chi connectivity index (χ3v) is 5.84. The van der Waals surface area contributed by atoms with Crippen molar-refractivity contribution >= 4 is 17.6 Å². The summed E-state index contributed by atoms with van der Waals surface area (Å²) < 4.78 is 2.05. The highest BCUT2D eigenvalue weighted by Gasteiger charge is 2.35. The van der Waals surface area contributed by atoms with E-state index < -0.39 is 0 Å². The first kappa shape index (κ1) is 15.9. The first-order chi connectivity index (χ1) is 10.8. The Morgan fingerprint density at radius 2 is 2.13 bits per heavy atom. The molecular formula is C18H22N4S. The molecule has 2 aromatic rings. The number of benzene rings is 1. The molecule has 0 amide bonds. The molecule has 1 aliphatic heterocycles. The second-order valence-electron chi connectivity index (χ2n) is 6.77. The summed E-state index contributed by atoms with van der Waals surface area (Å²) in [6.45, 7) is 9.60. The molecule has 1 aromatic heterocycles. The monoisotopic (exact) mass is 326 g/mol. The van der Waals surface area contributed by atoms with Gasteiger partial charge in [-0.2, -0.15) is 10.4 Å². The van der Waals surface area contributed by atoms with Gasteiger partial charge in [-0.3, -0.25) is 4.68 Å². The standard InChI is InChI=1S/C18H22N4S/c1-11-8-13(9-19)6-7-14(11)16-15-12(2)21-22(5)17(15)20-10-18(3,4)23-16/h6-8,16,20H,10H2,1-5H3. The van der Waals surface area contributed by atoms with Crippen LogP contribution in [-0.4, -0.2) is 21.1 Å². The number of hydrogen-bond acceptors (Lipinski definition) is 4. The Hall–Kier alpha value is -1.93. The molecule has 23 heavy (non-hydrogen) atoms. The van der Waals surface area contributed by atoms with Crippen LogP contribution in [0.1, 0.15) is 47.0 Å². The summed E-state index contributed by atoms with van der Waals surface area (Å²) >= 11 is 1.96. The van der Waals surface area contributed by atoms with Crippen molar-refractivity contribution in [2.45, 2.75) is 37.7 Å². The molecule has 2 heterocycles. The first-order valence-electron chi connectivity index (χ1n) is 7.78. The van der Waals surface area contributed by atoms with E-state index in [1.807, 2.05) is 35.6 Å². The van der Waals surface area contributed by atoms with Crippen molar-refractivity contribution in [3.8, 4) is 6.07 Å². The molecule has 0 saturated carbocycles. The Morgan fingerprint density at radius 3 is 2.78 bits per heavy atom. The Bertz CT molecular complexity index is 798. The maximum Gasteiger partial charge on any atom is 0.128 e. The van der Waals surface area contributed by atoms with Gasteiger partial charge in [0.25, 0.3) is 0 Å². The van der Waals surface area contributed by atoms with Crippen LogP contribution in [0.15, 0.2) is 18.2 Å². The van der Waals surface area contributed by atoms with Crippen LogP contribution in [0.4, 0.5) is 5.82 Å². The molecular weight excluding hydrogens is 304 g/mol. The lowest BCUT2D eigenvalue weighted by Crippen LogP contribution is -2.26. The van der Waals surface area contributed by atoms with Gasteiger partial charge in [0.2, 0.25) is 0 Å². The van der Waals surface area contributed by atoms with Gasteiger partial charge in [0.15, 0.2) is 0 Å². The van der Waals surface area contributed by atoms with E-state index in [1.165, 1.54) is 11.1 Å². The summed E-state index contributed by atoms with van der Waals surface area (Å²) in [7, 11) is 1.99. The number of nitrogens with zero attached hydrogens (tertiary/aromatic N) is 3. The van der Waals surface area contributed by atoms with Crippen LogP contribution in [0.2, 0.25) is 0 Å². The maximum absolute atomic E-state index is 9.12. The van der Waals surface area contributed by atoms with Gasteiger partial charge in [-0.1, -0.05) is 6.07 Å². The summed E-state index contributed by atoms with van der Waals surface area (Å²) in [5, 5.41) is 17.5. The number of anilines is 1. The van der Waals surface area contributed by atoms with Gasteiger partial charge in [-0.05, 0) is 51.0 Å². The van der Waals surface area contributed by atoms with Crippen molar-refractivity contribution in [3.63, 3.8) is 0 Å². The minimum Gasteiger partial charge on any atom is -0.369 e. The number of thioether (sulfide) groups is 1. The Labute approximate surface area is 141 Å². The molecule has 1 atom stereocenters. The highest BCUT2D eigenvalue weighted by Crippen LogP contribution is 2.49. The normalized spacial score (nSPS) is 19.4. The highest BCUT2D eigenvalue weighted by atomic mass is 32.2. The third kappa shape index (κ3) is 2.84. The zero-order valence-corrected chi connectivity index (χ0v) is 15.1. The van der Waals surface area contributed by atoms with Crippen LogP contribution in [0.3, 0.4) is 0 Å². The van der Waals surface area contributed by atoms with Gasteiger partial charge in [0.05, 0.1) is 22.6 Å². The molecule has 1 N–H and O–H groups in total. The van der Waals surface area contributed by atoms with E-state index in [0.29, 0.717) is 5.56 Å². The molecule has 0 saturated heterocycles. The van der Waals surface area contributed by atoms with E-state index in [2.05, 4.69) is 50.2 Å². The van der Waals surface area contributed by atoms with Gasteiger partial charge in [0.1, 0.15) is 5.82 Å². The van der Waals surface area contributed by atoms with Crippen molar-refractivity contribution < 1.29 is 0 Å². The molecule has 1 unspecified atom stereocenters. The number of nitriles is 1. The molecule has 1 aromatic carbocycles. The third-order valence-electron chi connectivity index (χ3n) is 4.33. The molecule has 0 aliphatic carbocycles. The smallest absolute Gasteiger partial charge is 0.128 e. The Morgan fingerprint density at radius 1 is 1.39 bits per heavy atom. The second kappa shape index (κ2) is 5.61. The van der Waals surface area contributed by atoms with E-state index >= 15 is 0 Å². The van der Waals surface area contributed by atoms with Crippen LogP contribution in [0, 0.1) is 25.2 Å². The van der Waals surface area contributed by atoms with Crippen molar-refractivity contribution in [2.24, 2.45) is 7.05 Å². The van der Waals surface area contributed by atoms with E-state index in [9.17, 15) is 0 Å². The molecule has 0 radical (unpaired) electrons. The molecule has 5 heteroatoms. The van der Waals surface area contributed by atoms with Crippen LogP contribution in [-0.2, 0) is 7.05 Å². The number of aromatic nitrogens is 2. The zero-order valence-electron chi connectivity index (χ0n) is 14.3. The molecule has 0 bridgehead atoms. The second-order valence-corrected chi connectivity index (χ2v) is 8.58. The Balaban J connectivity index is 2.18. The number of hydrogen-bond donors (Lipinski definition) is 1. The van der Waals surface area contributed by atoms with Crippen LogP contribution >= 0.6 is 11.8 Å². The zero-order chi connectivity index (χ0) is 16.8. The summed E-state index contributed by atoms with van der Waals surface area (Å²) in [6, 6.07) is 8.22. The Kier molecular flexibility index (Phi) is 3.89. The summed E-state index contributed by atoms with van der Waals surface area (Å²) in [5.74, 6) is 1.11. The van der Waals surface area contributed by atoms with Crippen molar-refractivity contribution in [2.75, 3.05) is 11.9 Å². The number of fused-ring (bicyclic) bond motifs is 1. The van der Waals surface area contributed by atoms with Gasteiger partial charge < -0.3 is 5.32 Å². The molecule has 3 rings (SSSR count). The maximum atomic E-state index is 9.12. The SMILES string of the molecule is Cc1cc(C#N)ccc1C1SC(C)(C)CNc2c1c(C)nn2C. The van der Waals surface area contributed by atoms with Crippen LogP contribution in [0.25, 0.3) is 0 Å². The van der Waals surface area contributed by atoms with Gasteiger partial charge in [0, 0.05) is 23.9 Å². The fourth-order valence-electron chi connectivity index (χ4n) is 3.17. The molecule has 4 nitrogen and oxygen atoms in total. The van der Waals surface area contributed by atoms with Gasteiger partial charge >= 0.3 is 0 Å². The van der Waals surface area contributed by atoms with E-state index in [0.717, 1.165) is 23.6 Å².